The maximum atomic E-state index is 13.8. The van der Waals surface area contributed by atoms with Crippen LogP contribution in [0.25, 0.3) is 0 Å². The van der Waals surface area contributed by atoms with Crippen molar-refractivity contribution in [3.8, 4) is 5.75 Å². The number of hydrogen-bond donors (Lipinski definition) is 1. The third kappa shape index (κ3) is 6.74. The van der Waals surface area contributed by atoms with Crippen molar-refractivity contribution in [2.75, 3.05) is 12.9 Å². The molecule has 0 saturated heterocycles. The van der Waals surface area contributed by atoms with Gasteiger partial charge in [-0.2, -0.15) is 5.10 Å². The van der Waals surface area contributed by atoms with E-state index in [-0.39, 0.29) is 30.2 Å². The molecule has 1 aliphatic rings. The van der Waals surface area contributed by atoms with Gasteiger partial charge in [0.25, 0.3) is 11.8 Å². The number of benzene rings is 3. The second-order valence-corrected chi connectivity index (χ2v) is 12.0. The molecule has 1 N–H and O–H groups in total. The molecule has 1 aliphatic heterocycles. The summed E-state index contributed by atoms with van der Waals surface area (Å²) in [5.41, 5.74) is 3.51. The van der Waals surface area contributed by atoms with Crippen molar-refractivity contribution in [3.05, 3.63) is 130 Å². The Balaban J connectivity index is 1.21. The van der Waals surface area contributed by atoms with Gasteiger partial charge in [0.15, 0.2) is 11.0 Å². The van der Waals surface area contributed by atoms with Gasteiger partial charge in [0, 0.05) is 12.0 Å². The summed E-state index contributed by atoms with van der Waals surface area (Å²) in [6.45, 7) is 0.696. The van der Waals surface area contributed by atoms with Gasteiger partial charge < -0.3 is 14.6 Å². The molecule has 2 amide bonds. The zero-order valence-electron chi connectivity index (χ0n) is 24.0. The van der Waals surface area contributed by atoms with Gasteiger partial charge in [-0.05, 0) is 46.8 Å². The second-order valence-electron chi connectivity index (χ2n) is 10.1. The molecule has 3 heterocycles. The Morgan fingerprint density at radius 1 is 0.955 bits per heavy atom. The van der Waals surface area contributed by atoms with Crippen LogP contribution in [-0.2, 0) is 17.9 Å². The number of thiophene rings is 1. The Morgan fingerprint density at radius 2 is 1.70 bits per heavy atom. The van der Waals surface area contributed by atoms with Crippen molar-refractivity contribution in [2.24, 2.45) is 5.10 Å². The van der Waals surface area contributed by atoms with Crippen molar-refractivity contribution < 1.29 is 14.3 Å². The lowest BCUT2D eigenvalue weighted by Gasteiger charge is -2.22. The molecule has 0 unspecified atom stereocenters. The molecule has 0 saturated carbocycles. The Bertz CT molecular complexity index is 1740. The highest BCUT2D eigenvalue weighted by Gasteiger charge is 2.33. The van der Waals surface area contributed by atoms with E-state index in [4.69, 9.17) is 9.84 Å². The van der Waals surface area contributed by atoms with E-state index in [0.29, 0.717) is 29.5 Å². The van der Waals surface area contributed by atoms with Gasteiger partial charge in [0.1, 0.15) is 5.75 Å². The SMILES string of the molecule is COc1ccc([C@@H]2CC(c3cccs3)=NN2C(=O)CSc2nnc(CNC(=O)c3ccccc3)n2Cc2ccccc2)cc1. The van der Waals surface area contributed by atoms with Crippen molar-refractivity contribution in [3.63, 3.8) is 0 Å². The first-order valence-electron chi connectivity index (χ1n) is 14.1. The van der Waals surface area contributed by atoms with Crippen LogP contribution in [-0.4, -0.2) is 50.2 Å². The van der Waals surface area contributed by atoms with E-state index in [1.807, 2.05) is 94.9 Å². The van der Waals surface area contributed by atoms with Crippen molar-refractivity contribution in [2.45, 2.75) is 30.7 Å². The molecule has 0 spiro atoms. The number of hydrazone groups is 1. The first kappa shape index (κ1) is 29.3. The van der Waals surface area contributed by atoms with Gasteiger partial charge in [-0.3, -0.25) is 9.59 Å². The summed E-state index contributed by atoms with van der Waals surface area (Å²) in [6, 6.07) is 30.6. The molecule has 0 aliphatic carbocycles. The molecule has 3 aromatic carbocycles. The highest BCUT2D eigenvalue weighted by Crippen LogP contribution is 2.35. The third-order valence-electron chi connectivity index (χ3n) is 7.22. The van der Waals surface area contributed by atoms with E-state index >= 15 is 0 Å². The fraction of sp³-hybridized carbons (Fsp3) is 0.182. The number of aromatic nitrogens is 3. The van der Waals surface area contributed by atoms with Crippen LogP contribution in [0.1, 0.15) is 44.6 Å². The summed E-state index contributed by atoms with van der Waals surface area (Å²) in [5, 5.41) is 20.8. The Labute approximate surface area is 263 Å². The van der Waals surface area contributed by atoms with Crippen LogP contribution in [0, 0.1) is 0 Å². The number of rotatable bonds is 11. The monoisotopic (exact) mass is 622 g/mol. The lowest BCUT2D eigenvalue weighted by Crippen LogP contribution is -2.28. The largest absolute Gasteiger partial charge is 0.497 e. The molecule has 9 nitrogen and oxygen atoms in total. The van der Waals surface area contributed by atoms with Crippen LogP contribution < -0.4 is 10.1 Å². The molecule has 5 aromatic rings. The molecule has 44 heavy (non-hydrogen) atoms. The summed E-state index contributed by atoms with van der Waals surface area (Å²) in [4.78, 5) is 27.5. The number of nitrogens with zero attached hydrogens (tertiary/aromatic N) is 5. The summed E-state index contributed by atoms with van der Waals surface area (Å²) >= 11 is 2.93. The Hall–Kier alpha value is -4.74. The molecule has 6 rings (SSSR count). The normalized spacial score (nSPS) is 14.3. The molecule has 0 bridgehead atoms. The molecule has 2 aromatic heterocycles. The van der Waals surface area contributed by atoms with Crippen LogP contribution in [0.2, 0.25) is 0 Å². The van der Waals surface area contributed by atoms with Gasteiger partial charge in [-0.1, -0.05) is 78.5 Å². The van der Waals surface area contributed by atoms with Crippen LogP contribution in [0.4, 0.5) is 0 Å². The van der Waals surface area contributed by atoms with E-state index in [1.54, 1.807) is 35.6 Å². The van der Waals surface area contributed by atoms with Crippen molar-refractivity contribution >= 4 is 40.6 Å². The minimum absolute atomic E-state index is 0.122. The number of carbonyl (C=O) groups is 2. The van der Waals surface area contributed by atoms with Gasteiger partial charge >= 0.3 is 0 Å². The number of nitrogens with one attached hydrogen (secondary N) is 1. The maximum Gasteiger partial charge on any atom is 0.253 e. The fourth-order valence-corrected chi connectivity index (χ4v) is 6.47. The average Bonchev–Trinajstić information content (AvgIpc) is 3.84. The summed E-state index contributed by atoms with van der Waals surface area (Å²) < 4.78 is 7.28. The van der Waals surface area contributed by atoms with Crippen molar-refractivity contribution in [1.29, 1.82) is 0 Å². The Morgan fingerprint density at radius 3 is 2.41 bits per heavy atom. The minimum Gasteiger partial charge on any atom is -0.497 e. The molecule has 0 fully saturated rings. The second kappa shape index (κ2) is 13.7. The predicted molar refractivity (Wildman–Crippen MR) is 172 cm³/mol. The van der Waals surface area contributed by atoms with Crippen LogP contribution in [0.3, 0.4) is 0 Å². The number of amides is 2. The summed E-state index contributed by atoms with van der Waals surface area (Å²) in [5.74, 6) is 1.16. The highest BCUT2D eigenvalue weighted by atomic mass is 32.2. The summed E-state index contributed by atoms with van der Waals surface area (Å²) in [7, 11) is 1.63. The van der Waals surface area contributed by atoms with Crippen LogP contribution >= 0.6 is 23.1 Å². The van der Waals surface area contributed by atoms with Gasteiger partial charge in [0.2, 0.25) is 0 Å². The van der Waals surface area contributed by atoms with E-state index < -0.39 is 0 Å². The average molecular weight is 623 g/mol. The van der Waals surface area contributed by atoms with E-state index in [0.717, 1.165) is 27.5 Å². The van der Waals surface area contributed by atoms with Gasteiger partial charge in [0.05, 0.1) is 42.6 Å². The van der Waals surface area contributed by atoms with Gasteiger partial charge in [-0.25, -0.2) is 5.01 Å². The standard InChI is InChI=1S/C33H30N6O3S2/c1-42-26-16-14-24(15-17-26)28-19-27(29-13-8-18-43-29)37-39(28)31(40)22-44-33-36-35-30(38(33)21-23-9-4-2-5-10-23)20-34-32(41)25-11-6-3-7-12-25/h2-18,28H,19-22H2,1H3,(H,34,41)/t28-/m0/s1. The fourth-order valence-electron chi connectivity index (χ4n) is 4.94. The zero-order chi connectivity index (χ0) is 30.3. The highest BCUT2D eigenvalue weighted by molar-refractivity contribution is 7.99. The molecular weight excluding hydrogens is 593 g/mol. The lowest BCUT2D eigenvalue weighted by atomic mass is 10.0. The molecule has 11 heteroatoms. The van der Waals surface area contributed by atoms with Crippen LogP contribution in [0.5, 0.6) is 5.75 Å². The van der Waals surface area contributed by atoms with E-state index in [2.05, 4.69) is 15.5 Å². The zero-order valence-corrected chi connectivity index (χ0v) is 25.6. The molecule has 0 radical (unpaired) electrons. The van der Waals surface area contributed by atoms with E-state index in [9.17, 15) is 9.59 Å². The van der Waals surface area contributed by atoms with Crippen molar-refractivity contribution in [1.82, 2.24) is 25.1 Å². The number of carbonyl (C=O) groups excluding carboxylic acids is 2. The predicted octanol–water partition coefficient (Wildman–Crippen LogP) is 5.80. The number of thioether (sulfide) groups is 1. The number of methoxy groups -OCH3 is 1. The first-order valence-corrected chi connectivity index (χ1v) is 15.9. The third-order valence-corrected chi connectivity index (χ3v) is 9.09. The minimum atomic E-state index is -0.225. The quantitative estimate of drug-likeness (QED) is 0.187. The number of ether oxygens (including phenoxy) is 1. The molecule has 1 atom stereocenters. The van der Waals surface area contributed by atoms with E-state index in [1.165, 1.54) is 11.8 Å². The smallest absolute Gasteiger partial charge is 0.253 e. The lowest BCUT2D eigenvalue weighted by molar-refractivity contribution is -0.130. The first-order chi connectivity index (χ1) is 21.6. The topological polar surface area (TPSA) is 102 Å². The van der Waals surface area contributed by atoms with Crippen LogP contribution in [0.15, 0.2) is 113 Å². The van der Waals surface area contributed by atoms with Gasteiger partial charge in [-0.15, -0.1) is 21.5 Å². The molecular formula is C33H30N6O3S2. The summed E-state index contributed by atoms with van der Waals surface area (Å²) in [6.07, 6.45) is 0.624. The maximum absolute atomic E-state index is 13.8. The Kier molecular flexibility index (Phi) is 9.14. The molecule has 222 valence electrons. The number of hydrogen-bond acceptors (Lipinski definition) is 8.